The molecule has 0 aromatic heterocycles. The predicted octanol–water partition coefficient (Wildman–Crippen LogP) is 4.28. The molecule has 0 fully saturated rings. The molecule has 1 aromatic rings. The Morgan fingerprint density at radius 2 is 2.06 bits per heavy atom. The van der Waals surface area contributed by atoms with Crippen LogP contribution in [0.1, 0.15) is 37.3 Å². The van der Waals surface area contributed by atoms with E-state index in [0.29, 0.717) is 5.75 Å². The Hall–Kier alpha value is -1.15. The lowest BCUT2D eigenvalue weighted by Gasteiger charge is -2.14. The minimum atomic E-state index is 0. The molecule has 1 N–H and O–H groups in total. The summed E-state index contributed by atoms with van der Waals surface area (Å²) in [5.41, 5.74) is 2.33. The molecule has 102 valence electrons. The minimum Gasteiger partial charge on any atom is -0.504 e. The van der Waals surface area contributed by atoms with Crippen LogP contribution in [0.15, 0.2) is 24.8 Å². The Kier molecular flexibility index (Phi) is 8.30. The quantitative estimate of drug-likeness (QED) is 0.592. The van der Waals surface area contributed by atoms with Gasteiger partial charge in [-0.1, -0.05) is 31.9 Å². The van der Waals surface area contributed by atoms with Crippen LogP contribution in [0.25, 0.3) is 0 Å². The second-order valence-electron chi connectivity index (χ2n) is 4.21. The van der Waals surface area contributed by atoms with Gasteiger partial charge in [0.25, 0.3) is 0 Å². The highest BCUT2D eigenvalue weighted by Gasteiger charge is 2.12. The fourth-order valence-corrected chi connectivity index (χ4v) is 2.06. The molecule has 0 aliphatic heterocycles. The van der Waals surface area contributed by atoms with Crippen LogP contribution in [-0.2, 0) is 12.8 Å². The van der Waals surface area contributed by atoms with Crippen molar-refractivity contribution in [3.05, 3.63) is 35.9 Å². The minimum absolute atomic E-state index is 0. The monoisotopic (exact) mass is 270 g/mol. The predicted molar refractivity (Wildman–Crippen MR) is 79.0 cm³/mol. The van der Waals surface area contributed by atoms with E-state index in [2.05, 4.69) is 13.5 Å². The van der Waals surface area contributed by atoms with Gasteiger partial charge in [0.2, 0.25) is 0 Å². The number of hydrogen-bond acceptors (Lipinski definition) is 2. The molecule has 0 saturated carbocycles. The van der Waals surface area contributed by atoms with Crippen molar-refractivity contribution in [2.24, 2.45) is 0 Å². The van der Waals surface area contributed by atoms with Gasteiger partial charge in [-0.3, -0.25) is 0 Å². The lowest BCUT2D eigenvalue weighted by Crippen LogP contribution is -1.99. The van der Waals surface area contributed by atoms with Gasteiger partial charge in [-0.15, -0.1) is 19.0 Å². The number of aromatic hydroxyl groups is 1. The molecular formula is C15H23ClO2. The van der Waals surface area contributed by atoms with E-state index in [9.17, 15) is 5.11 Å². The molecule has 1 aromatic carbocycles. The van der Waals surface area contributed by atoms with Crippen LogP contribution >= 0.6 is 12.4 Å². The van der Waals surface area contributed by atoms with Crippen molar-refractivity contribution in [3.63, 3.8) is 0 Å². The number of phenols is 1. The third-order valence-electron chi connectivity index (χ3n) is 2.94. The van der Waals surface area contributed by atoms with E-state index in [1.165, 1.54) is 18.4 Å². The van der Waals surface area contributed by atoms with Crippen LogP contribution in [0.4, 0.5) is 0 Å². The van der Waals surface area contributed by atoms with Crippen molar-refractivity contribution in [1.82, 2.24) is 0 Å². The number of rotatable bonds is 7. The molecule has 0 heterocycles. The number of unbranched alkanes of at least 4 members (excludes halogenated alkanes) is 2. The van der Waals surface area contributed by atoms with Crippen LogP contribution in [0.3, 0.4) is 0 Å². The highest BCUT2D eigenvalue weighted by Crippen LogP contribution is 2.34. The Morgan fingerprint density at radius 3 is 2.61 bits per heavy atom. The molecule has 2 nitrogen and oxygen atoms in total. The van der Waals surface area contributed by atoms with Gasteiger partial charge in [0.1, 0.15) is 0 Å². The Morgan fingerprint density at radius 1 is 1.33 bits per heavy atom. The van der Waals surface area contributed by atoms with Crippen molar-refractivity contribution in [3.8, 4) is 11.5 Å². The number of allylic oxidation sites excluding steroid dienone is 1. The Balaban J connectivity index is 0.00000289. The van der Waals surface area contributed by atoms with Gasteiger partial charge >= 0.3 is 0 Å². The topological polar surface area (TPSA) is 29.5 Å². The molecule has 18 heavy (non-hydrogen) atoms. The normalized spacial score (nSPS) is 9.67. The molecular weight excluding hydrogens is 248 g/mol. The summed E-state index contributed by atoms with van der Waals surface area (Å²) in [7, 11) is 1.61. The molecule has 0 amide bonds. The van der Waals surface area contributed by atoms with E-state index in [1.54, 1.807) is 13.2 Å². The van der Waals surface area contributed by atoms with E-state index < -0.39 is 0 Å². The van der Waals surface area contributed by atoms with Gasteiger partial charge in [0, 0.05) is 5.56 Å². The molecule has 1 rings (SSSR count). The fourth-order valence-electron chi connectivity index (χ4n) is 2.06. The van der Waals surface area contributed by atoms with Crippen molar-refractivity contribution in [2.75, 3.05) is 7.11 Å². The van der Waals surface area contributed by atoms with Crippen LogP contribution in [0.5, 0.6) is 11.5 Å². The van der Waals surface area contributed by atoms with Crippen LogP contribution < -0.4 is 4.74 Å². The Labute approximate surface area is 116 Å². The first-order valence-electron chi connectivity index (χ1n) is 6.23. The van der Waals surface area contributed by atoms with E-state index in [4.69, 9.17) is 4.74 Å². The second-order valence-corrected chi connectivity index (χ2v) is 4.21. The third-order valence-corrected chi connectivity index (χ3v) is 2.94. The van der Waals surface area contributed by atoms with Gasteiger partial charge < -0.3 is 9.84 Å². The molecule has 0 saturated heterocycles. The summed E-state index contributed by atoms with van der Waals surface area (Å²) in [4.78, 5) is 0. The molecule has 3 heteroatoms. The van der Waals surface area contributed by atoms with E-state index in [-0.39, 0.29) is 18.2 Å². The average molecular weight is 271 g/mol. The summed E-state index contributed by atoms with van der Waals surface area (Å²) in [6.45, 7) is 5.95. The summed E-state index contributed by atoms with van der Waals surface area (Å²) < 4.78 is 5.31. The van der Waals surface area contributed by atoms with Crippen LogP contribution in [0, 0.1) is 0 Å². The van der Waals surface area contributed by atoms with E-state index >= 15 is 0 Å². The molecule has 0 spiro atoms. The SMILES string of the molecule is C=CCc1ccc(O)c(OC)c1CCCCC.Cl. The third kappa shape index (κ3) is 4.26. The van der Waals surface area contributed by atoms with Gasteiger partial charge in [0.15, 0.2) is 11.5 Å². The zero-order valence-corrected chi connectivity index (χ0v) is 12.1. The van der Waals surface area contributed by atoms with E-state index in [1.807, 2.05) is 12.1 Å². The van der Waals surface area contributed by atoms with Crippen molar-refractivity contribution in [1.29, 1.82) is 0 Å². The zero-order valence-electron chi connectivity index (χ0n) is 11.2. The first kappa shape index (κ1) is 16.9. The molecule has 0 atom stereocenters. The van der Waals surface area contributed by atoms with Crippen LogP contribution in [0.2, 0.25) is 0 Å². The maximum absolute atomic E-state index is 9.79. The molecule has 0 aliphatic carbocycles. The number of methoxy groups -OCH3 is 1. The lowest BCUT2D eigenvalue weighted by molar-refractivity contribution is 0.368. The highest BCUT2D eigenvalue weighted by atomic mass is 35.5. The van der Waals surface area contributed by atoms with Gasteiger partial charge in [-0.2, -0.15) is 0 Å². The zero-order chi connectivity index (χ0) is 12.7. The molecule has 0 unspecified atom stereocenters. The molecule has 0 aliphatic rings. The number of phenolic OH excluding ortho intramolecular Hbond substituents is 1. The van der Waals surface area contributed by atoms with Crippen molar-refractivity contribution < 1.29 is 9.84 Å². The summed E-state index contributed by atoms with van der Waals surface area (Å²) in [5.74, 6) is 0.854. The number of hydrogen-bond donors (Lipinski definition) is 1. The average Bonchev–Trinajstić information content (AvgIpc) is 2.33. The van der Waals surface area contributed by atoms with Gasteiger partial charge in [-0.25, -0.2) is 0 Å². The van der Waals surface area contributed by atoms with E-state index in [0.717, 1.165) is 24.8 Å². The maximum atomic E-state index is 9.79. The van der Waals surface area contributed by atoms with Crippen LogP contribution in [-0.4, -0.2) is 12.2 Å². The highest BCUT2D eigenvalue weighted by molar-refractivity contribution is 5.85. The van der Waals surface area contributed by atoms with Crippen molar-refractivity contribution >= 4 is 12.4 Å². The lowest BCUT2D eigenvalue weighted by atomic mass is 9.97. The summed E-state index contributed by atoms with van der Waals surface area (Å²) in [6, 6.07) is 3.65. The first-order valence-corrected chi connectivity index (χ1v) is 6.23. The van der Waals surface area contributed by atoms with Crippen molar-refractivity contribution in [2.45, 2.75) is 39.0 Å². The molecule has 0 bridgehead atoms. The maximum Gasteiger partial charge on any atom is 0.163 e. The largest absolute Gasteiger partial charge is 0.504 e. The Bertz CT molecular complexity index is 375. The number of ether oxygens (including phenoxy) is 1. The van der Waals surface area contributed by atoms with Gasteiger partial charge in [-0.05, 0) is 30.9 Å². The number of halogens is 1. The first-order chi connectivity index (χ1) is 8.24. The number of benzene rings is 1. The fraction of sp³-hybridized carbons (Fsp3) is 0.467. The smallest absolute Gasteiger partial charge is 0.163 e. The van der Waals surface area contributed by atoms with Gasteiger partial charge in [0.05, 0.1) is 7.11 Å². The molecule has 0 radical (unpaired) electrons. The summed E-state index contributed by atoms with van der Waals surface area (Å²) in [5, 5.41) is 9.79. The summed E-state index contributed by atoms with van der Waals surface area (Å²) >= 11 is 0. The second kappa shape index (κ2) is 8.87. The standard InChI is InChI=1S/C15H22O2.ClH/c1-4-6-7-9-13-12(8-5-2)10-11-14(16)15(13)17-3;/h5,10-11,16H,2,4,6-9H2,1,3H3;1H. The summed E-state index contributed by atoms with van der Waals surface area (Å²) in [6.07, 6.45) is 7.17.